The van der Waals surface area contributed by atoms with Gasteiger partial charge in [-0.1, -0.05) is 18.5 Å². The van der Waals surface area contributed by atoms with Gasteiger partial charge in [0.25, 0.3) is 0 Å². The number of halogens is 2. The van der Waals surface area contributed by atoms with Crippen molar-refractivity contribution in [1.29, 1.82) is 0 Å². The molecule has 1 saturated heterocycles. The normalized spacial score (nSPS) is 25.1. The predicted octanol–water partition coefficient (Wildman–Crippen LogP) is 3.06. The van der Waals surface area contributed by atoms with Gasteiger partial charge in [0.2, 0.25) is 0 Å². The number of hydrogen-bond donors (Lipinski definition) is 1. The highest BCUT2D eigenvalue weighted by Gasteiger charge is 2.29. The minimum Gasteiger partial charge on any atom is -0.366 e. The van der Waals surface area contributed by atoms with Crippen LogP contribution in [0, 0.1) is 5.82 Å². The van der Waals surface area contributed by atoms with Crippen molar-refractivity contribution in [2.75, 3.05) is 24.5 Å². The molecule has 2 rings (SSSR count). The minimum atomic E-state index is -0.238. The number of nitrogens with zero attached hydrogens (tertiary/aromatic N) is 1. The van der Waals surface area contributed by atoms with E-state index in [2.05, 4.69) is 24.1 Å². The van der Waals surface area contributed by atoms with Gasteiger partial charge >= 0.3 is 0 Å². The molecule has 1 atom stereocenters. The summed E-state index contributed by atoms with van der Waals surface area (Å²) >= 11 is 5.77. The lowest BCUT2D eigenvalue weighted by molar-refractivity contribution is 0.313. The van der Waals surface area contributed by atoms with Crippen LogP contribution in [0.25, 0.3) is 0 Å². The van der Waals surface area contributed by atoms with E-state index >= 15 is 0 Å². The zero-order chi connectivity index (χ0) is 12.5. The summed E-state index contributed by atoms with van der Waals surface area (Å²) in [4.78, 5) is 2.09. The summed E-state index contributed by atoms with van der Waals surface area (Å²) in [7, 11) is 0. The van der Waals surface area contributed by atoms with Crippen molar-refractivity contribution >= 4 is 17.3 Å². The maximum absolute atomic E-state index is 13.8. The van der Waals surface area contributed by atoms with E-state index in [9.17, 15) is 4.39 Å². The molecule has 0 radical (unpaired) electrons. The monoisotopic (exact) mass is 256 g/mol. The number of hydrogen-bond acceptors (Lipinski definition) is 2. The molecule has 4 heteroatoms. The molecule has 1 N–H and O–H groups in total. The molecule has 94 valence electrons. The lowest BCUT2D eigenvalue weighted by atomic mass is 9.95. The molecule has 1 aromatic carbocycles. The Kier molecular flexibility index (Phi) is 3.59. The SMILES string of the molecule is CCC1(C)CN(c2ccc(Cl)cc2F)CCN1. The molecule has 0 amide bonds. The van der Waals surface area contributed by atoms with Gasteiger partial charge in [-0.05, 0) is 31.5 Å². The van der Waals surface area contributed by atoms with Crippen molar-refractivity contribution in [3.8, 4) is 0 Å². The van der Waals surface area contributed by atoms with Gasteiger partial charge in [0.15, 0.2) is 0 Å². The first-order valence-electron chi connectivity index (χ1n) is 5.99. The molecule has 1 heterocycles. The van der Waals surface area contributed by atoms with Crippen LogP contribution < -0.4 is 10.2 Å². The smallest absolute Gasteiger partial charge is 0.147 e. The second-order valence-electron chi connectivity index (χ2n) is 4.86. The van der Waals surface area contributed by atoms with Crippen LogP contribution in [0.3, 0.4) is 0 Å². The quantitative estimate of drug-likeness (QED) is 0.875. The Balaban J connectivity index is 2.22. The van der Waals surface area contributed by atoms with Crippen molar-refractivity contribution in [3.05, 3.63) is 29.0 Å². The van der Waals surface area contributed by atoms with Crippen molar-refractivity contribution in [2.24, 2.45) is 0 Å². The lowest BCUT2D eigenvalue weighted by Crippen LogP contribution is -2.58. The zero-order valence-electron chi connectivity index (χ0n) is 10.3. The van der Waals surface area contributed by atoms with Gasteiger partial charge < -0.3 is 10.2 Å². The van der Waals surface area contributed by atoms with Crippen LogP contribution in [0.5, 0.6) is 0 Å². The van der Waals surface area contributed by atoms with Gasteiger partial charge in [0, 0.05) is 30.2 Å². The van der Waals surface area contributed by atoms with Gasteiger partial charge in [0.1, 0.15) is 5.82 Å². The van der Waals surface area contributed by atoms with Crippen LogP contribution in [-0.2, 0) is 0 Å². The van der Waals surface area contributed by atoms with E-state index in [0.29, 0.717) is 10.7 Å². The number of piperazine rings is 1. The fraction of sp³-hybridized carbons (Fsp3) is 0.538. The molecule has 0 spiro atoms. The summed E-state index contributed by atoms with van der Waals surface area (Å²) in [5, 5.41) is 3.93. The van der Waals surface area contributed by atoms with Crippen LogP contribution in [0.2, 0.25) is 5.02 Å². The molecule has 0 bridgehead atoms. The Morgan fingerprint density at radius 3 is 2.94 bits per heavy atom. The molecule has 0 saturated carbocycles. The number of nitrogens with one attached hydrogen (secondary N) is 1. The van der Waals surface area contributed by atoms with E-state index in [-0.39, 0.29) is 11.4 Å². The second kappa shape index (κ2) is 4.83. The molecule has 17 heavy (non-hydrogen) atoms. The molecule has 1 aliphatic rings. The predicted molar refractivity (Wildman–Crippen MR) is 70.3 cm³/mol. The Morgan fingerprint density at radius 1 is 1.53 bits per heavy atom. The van der Waals surface area contributed by atoms with Crippen LogP contribution in [-0.4, -0.2) is 25.2 Å². The van der Waals surface area contributed by atoms with E-state index in [1.165, 1.54) is 6.07 Å². The Labute approximate surface area is 107 Å². The first kappa shape index (κ1) is 12.7. The van der Waals surface area contributed by atoms with Crippen LogP contribution in [0.15, 0.2) is 18.2 Å². The third-order valence-corrected chi connectivity index (χ3v) is 3.74. The van der Waals surface area contributed by atoms with Crippen molar-refractivity contribution in [2.45, 2.75) is 25.8 Å². The molecule has 1 unspecified atom stereocenters. The Morgan fingerprint density at radius 2 is 2.29 bits per heavy atom. The minimum absolute atomic E-state index is 0.0598. The van der Waals surface area contributed by atoms with E-state index in [1.807, 2.05) is 0 Å². The summed E-state index contributed by atoms with van der Waals surface area (Å²) in [5.74, 6) is -0.238. The third kappa shape index (κ3) is 2.72. The van der Waals surface area contributed by atoms with Crippen molar-refractivity contribution in [1.82, 2.24) is 5.32 Å². The van der Waals surface area contributed by atoms with Crippen LogP contribution >= 0.6 is 11.6 Å². The average molecular weight is 257 g/mol. The summed E-state index contributed by atoms with van der Waals surface area (Å²) < 4.78 is 13.8. The van der Waals surface area contributed by atoms with Crippen LogP contribution in [0.4, 0.5) is 10.1 Å². The summed E-state index contributed by atoms with van der Waals surface area (Å²) in [6, 6.07) is 4.88. The van der Waals surface area contributed by atoms with E-state index in [4.69, 9.17) is 11.6 Å². The van der Waals surface area contributed by atoms with Gasteiger partial charge in [-0.15, -0.1) is 0 Å². The van der Waals surface area contributed by atoms with Gasteiger partial charge in [-0.2, -0.15) is 0 Å². The second-order valence-corrected chi connectivity index (χ2v) is 5.29. The topological polar surface area (TPSA) is 15.3 Å². The molecule has 1 fully saturated rings. The maximum Gasteiger partial charge on any atom is 0.147 e. The molecular formula is C13H18ClFN2. The molecular weight excluding hydrogens is 239 g/mol. The summed E-state index contributed by atoms with van der Waals surface area (Å²) in [6.45, 7) is 6.85. The fourth-order valence-electron chi connectivity index (χ4n) is 2.23. The third-order valence-electron chi connectivity index (χ3n) is 3.50. The fourth-order valence-corrected chi connectivity index (χ4v) is 2.39. The molecule has 2 nitrogen and oxygen atoms in total. The number of rotatable bonds is 2. The standard InChI is InChI=1S/C13H18ClFN2/c1-3-13(2)9-17(7-6-16-13)12-5-4-10(14)8-11(12)15/h4-5,8,16H,3,6-7,9H2,1-2H3. The highest BCUT2D eigenvalue weighted by Crippen LogP contribution is 2.26. The Hall–Kier alpha value is -0.800. The molecule has 0 aromatic heterocycles. The lowest BCUT2D eigenvalue weighted by Gasteiger charge is -2.42. The highest BCUT2D eigenvalue weighted by atomic mass is 35.5. The Bertz CT molecular complexity index is 410. The van der Waals surface area contributed by atoms with Gasteiger partial charge in [-0.3, -0.25) is 0 Å². The first-order chi connectivity index (χ1) is 8.04. The van der Waals surface area contributed by atoms with E-state index < -0.39 is 0 Å². The van der Waals surface area contributed by atoms with Gasteiger partial charge in [0.05, 0.1) is 5.69 Å². The van der Waals surface area contributed by atoms with E-state index in [1.54, 1.807) is 12.1 Å². The maximum atomic E-state index is 13.8. The largest absolute Gasteiger partial charge is 0.366 e. The van der Waals surface area contributed by atoms with Crippen molar-refractivity contribution < 1.29 is 4.39 Å². The highest BCUT2D eigenvalue weighted by molar-refractivity contribution is 6.30. The van der Waals surface area contributed by atoms with E-state index in [0.717, 1.165) is 26.1 Å². The zero-order valence-corrected chi connectivity index (χ0v) is 11.0. The van der Waals surface area contributed by atoms with Gasteiger partial charge in [-0.25, -0.2) is 4.39 Å². The number of benzene rings is 1. The molecule has 0 aliphatic carbocycles. The van der Waals surface area contributed by atoms with Crippen molar-refractivity contribution in [3.63, 3.8) is 0 Å². The average Bonchev–Trinajstić information content (AvgIpc) is 2.29. The summed E-state index contributed by atoms with van der Waals surface area (Å²) in [5.41, 5.74) is 0.709. The van der Waals surface area contributed by atoms with Crippen LogP contribution in [0.1, 0.15) is 20.3 Å². The first-order valence-corrected chi connectivity index (χ1v) is 6.37. The molecule has 1 aliphatic heterocycles. The number of anilines is 1. The molecule has 1 aromatic rings. The summed E-state index contributed by atoms with van der Waals surface area (Å²) in [6.07, 6.45) is 1.03.